The van der Waals surface area contributed by atoms with E-state index in [1.165, 1.54) is 38.2 Å². The van der Waals surface area contributed by atoms with E-state index in [9.17, 15) is 33.9 Å². The molecule has 4 bridgehead atoms. The highest BCUT2D eigenvalue weighted by Crippen LogP contribution is 2.37. The second-order valence-electron chi connectivity index (χ2n) is 13.9. The fourth-order valence-corrected chi connectivity index (χ4v) is 6.01. The van der Waals surface area contributed by atoms with Crippen LogP contribution in [0.5, 0.6) is 0 Å². The molecule has 0 amide bonds. The van der Waals surface area contributed by atoms with Gasteiger partial charge in [-0.1, -0.05) is 85.1 Å². The van der Waals surface area contributed by atoms with Gasteiger partial charge in [-0.05, 0) is 33.8 Å². The van der Waals surface area contributed by atoms with Crippen LogP contribution in [0.3, 0.4) is 0 Å². The summed E-state index contributed by atoms with van der Waals surface area (Å²) in [5, 5.41) is 20.1. The standard InChI is InChI=1S/C45H52N2O15/c1-7-20-32(48)44(3,42(54)56-5)34-22-16-13-11-15-19-25-37-47-31(29-59-37)41(53)62-35(23-17-12-9-10-14-18-24-36-46-30(28-58-36)40(52)61-34)45(4,43(55)57-6)33(21-8-2)60-39(51)27-26-38(49)50/h7-21,25,28-29,32-35,48H,22-24,26-27H2,1-6H3,(H,49,50)/b10-9+,15-11+,16-13-,17-12-,18-14+,20-7+,21-8+,25-19+. The minimum Gasteiger partial charge on any atom is -0.481 e. The molecule has 0 aromatic carbocycles. The molecular formula is C45H52N2O15. The highest BCUT2D eigenvalue weighted by molar-refractivity contribution is 5.89. The third kappa shape index (κ3) is 13.6. The maximum atomic E-state index is 13.6. The molecule has 0 fully saturated rings. The Morgan fingerprint density at radius 3 is 1.87 bits per heavy atom. The van der Waals surface area contributed by atoms with Crippen LogP contribution in [0.15, 0.2) is 113 Å². The van der Waals surface area contributed by atoms with Crippen molar-refractivity contribution in [3.8, 4) is 0 Å². The zero-order valence-electron chi connectivity index (χ0n) is 35.3. The number of allylic oxidation sites excluding steroid dienone is 11. The van der Waals surface area contributed by atoms with Crippen molar-refractivity contribution in [3.63, 3.8) is 0 Å². The summed E-state index contributed by atoms with van der Waals surface area (Å²) in [5.41, 5.74) is -3.99. The van der Waals surface area contributed by atoms with E-state index < -0.39 is 83.9 Å². The van der Waals surface area contributed by atoms with Crippen molar-refractivity contribution in [2.24, 2.45) is 10.8 Å². The van der Waals surface area contributed by atoms with Gasteiger partial charge in [0.05, 0.1) is 33.2 Å². The number of aliphatic hydroxyl groups is 1. The predicted molar refractivity (Wildman–Crippen MR) is 222 cm³/mol. The Labute approximate surface area is 358 Å². The second kappa shape index (κ2) is 24.4. The van der Waals surface area contributed by atoms with E-state index in [0.717, 1.165) is 26.7 Å². The fourth-order valence-electron chi connectivity index (χ4n) is 6.01. The molecule has 0 radical (unpaired) electrons. The molecule has 6 atom stereocenters. The molecule has 17 heteroatoms. The van der Waals surface area contributed by atoms with Crippen LogP contribution in [0.25, 0.3) is 6.08 Å². The molecule has 6 unspecified atom stereocenters. The number of carboxylic acid groups (broad SMARTS) is 1. The molecule has 17 nitrogen and oxygen atoms in total. The Balaban J connectivity index is 2.04. The van der Waals surface area contributed by atoms with E-state index in [-0.39, 0.29) is 42.4 Å². The average molecular weight is 861 g/mol. The Kier molecular flexibility index (Phi) is 19.5. The lowest BCUT2D eigenvalue weighted by Gasteiger charge is -2.38. The summed E-state index contributed by atoms with van der Waals surface area (Å²) in [6.45, 7) is 6.11. The maximum absolute atomic E-state index is 13.6. The number of carboxylic acids is 1. The van der Waals surface area contributed by atoms with Crippen molar-refractivity contribution in [1.29, 1.82) is 0 Å². The highest BCUT2D eigenvalue weighted by atomic mass is 16.6. The third-order valence-electron chi connectivity index (χ3n) is 9.63. The van der Waals surface area contributed by atoms with Gasteiger partial charge >= 0.3 is 35.8 Å². The molecule has 0 saturated heterocycles. The fraction of sp³-hybridized carbons (Fsp3) is 0.378. The summed E-state index contributed by atoms with van der Waals surface area (Å²) in [6, 6.07) is 0. The van der Waals surface area contributed by atoms with Crippen LogP contribution in [-0.4, -0.2) is 94.6 Å². The SMILES string of the molecule is C/C=C/C(O)C(C)(C(=O)OC)C1C\C=C/C=C/C=C/c2nc(co2)C(=O)OC(C(C)(C(=O)OC)C(/C=C/C)OC(=O)CCC(=O)O)C\C=C/C=C/C=C/Cc2nc(co2)C(=O)O1. The lowest BCUT2D eigenvalue weighted by Crippen LogP contribution is -2.52. The Morgan fingerprint density at radius 2 is 1.29 bits per heavy atom. The van der Waals surface area contributed by atoms with Gasteiger partial charge in [0, 0.05) is 25.3 Å². The summed E-state index contributed by atoms with van der Waals surface area (Å²) < 4.78 is 38.4. The number of carbonyl (C=O) groups is 6. The van der Waals surface area contributed by atoms with Crippen molar-refractivity contribution in [3.05, 3.63) is 127 Å². The van der Waals surface area contributed by atoms with Gasteiger partial charge in [-0.25, -0.2) is 19.6 Å². The number of cyclic esters (lactones) is 2. The number of oxazole rings is 2. The van der Waals surface area contributed by atoms with Crippen molar-refractivity contribution in [2.75, 3.05) is 14.2 Å². The van der Waals surface area contributed by atoms with Crippen molar-refractivity contribution >= 4 is 41.9 Å². The van der Waals surface area contributed by atoms with Crippen LogP contribution in [0.2, 0.25) is 0 Å². The van der Waals surface area contributed by atoms with Crippen LogP contribution in [0, 0.1) is 10.8 Å². The minimum absolute atomic E-state index is 0.0160. The van der Waals surface area contributed by atoms with E-state index >= 15 is 0 Å². The molecular weight excluding hydrogens is 808 g/mol. The molecule has 0 spiro atoms. The zero-order chi connectivity index (χ0) is 45.7. The van der Waals surface area contributed by atoms with Crippen LogP contribution in [-0.2, 0) is 49.3 Å². The number of nitrogens with zero attached hydrogens (tertiary/aromatic N) is 2. The maximum Gasteiger partial charge on any atom is 0.360 e. The van der Waals surface area contributed by atoms with Gasteiger partial charge in [0.15, 0.2) is 17.3 Å². The monoisotopic (exact) mass is 860 g/mol. The van der Waals surface area contributed by atoms with Crippen molar-refractivity contribution < 1.29 is 71.5 Å². The highest BCUT2D eigenvalue weighted by Gasteiger charge is 2.52. The number of fused-ring (bicyclic) bond motifs is 4. The van der Waals surface area contributed by atoms with Gasteiger partial charge in [0.25, 0.3) is 0 Å². The van der Waals surface area contributed by atoms with Gasteiger partial charge in [0.1, 0.15) is 41.7 Å². The van der Waals surface area contributed by atoms with E-state index in [2.05, 4.69) is 9.97 Å². The molecule has 1 aliphatic heterocycles. The molecule has 2 aromatic heterocycles. The number of hydrogen-bond donors (Lipinski definition) is 2. The number of carbonyl (C=O) groups excluding carboxylic acids is 5. The number of hydrogen-bond acceptors (Lipinski definition) is 16. The molecule has 0 aliphatic carbocycles. The first-order valence-corrected chi connectivity index (χ1v) is 19.5. The molecule has 3 heterocycles. The lowest BCUT2D eigenvalue weighted by atomic mass is 9.76. The van der Waals surface area contributed by atoms with Gasteiger partial charge < -0.3 is 42.7 Å². The molecule has 2 N–H and O–H groups in total. The Morgan fingerprint density at radius 1 is 0.758 bits per heavy atom. The summed E-state index contributed by atoms with van der Waals surface area (Å²) >= 11 is 0. The second-order valence-corrected chi connectivity index (χ2v) is 13.9. The number of esters is 5. The molecule has 2 aromatic rings. The number of methoxy groups -OCH3 is 2. The largest absolute Gasteiger partial charge is 0.481 e. The Hall–Kier alpha value is -6.88. The summed E-state index contributed by atoms with van der Waals surface area (Å²) in [4.78, 5) is 85.9. The van der Waals surface area contributed by atoms with Crippen molar-refractivity contribution in [1.82, 2.24) is 9.97 Å². The average Bonchev–Trinajstić information content (AvgIpc) is 3.94. The topological polar surface area (TPSA) is 241 Å². The molecule has 3 rings (SSSR count). The summed E-state index contributed by atoms with van der Waals surface area (Å²) in [7, 11) is 2.29. The van der Waals surface area contributed by atoms with Crippen LogP contribution in [0.1, 0.15) is 86.1 Å². The van der Waals surface area contributed by atoms with Gasteiger partial charge in [-0.2, -0.15) is 0 Å². The number of rotatable bonds is 12. The number of ether oxygens (including phenoxy) is 5. The van der Waals surface area contributed by atoms with Crippen molar-refractivity contribution in [2.45, 2.75) is 84.2 Å². The summed E-state index contributed by atoms with van der Waals surface area (Å²) in [6.07, 6.45) is 21.1. The first kappa shape index (κ1) is 49.5. The van der Waals surface area contributed by atoms with E-state index in [0.29, 0.717) is 0 Å². The number of aliphatic hydroxyl groups excluding tert-OH is 1. The van der Waals surface area contributed by atoms with Crippen LogP contribution >= 0.6 is 0 Å². The predicted octanol–water partition coefficient (Wildman–Crippen LogP) is 6.19. The quantitative estimate of drug-likeness (QED) is 0.137. The first-order chi connectivity index (χ1) is 29.6. The van der Waals surface area contributed by atoms with E-state index in [1.54, 1.807) is 86.8 Å². The molecule has 332 valence electrons. The van der Waals surface area contributed by atoms with Crippen LogP contribution in [0.4, 0.5) is 0 Å². The smallest absolute Gasteiger partial charge is 0.360 e. The molecule has 1 aliphatic rings. The lowest BCUT2D eigenvalue weighted by molar-refractivity contribution is -0.176. The summed E-state index contributed by atoms with van der Waals surface area (Å²) in [5.74, 6) is -5.50. The first-order valence-electron chi connectivity index (χ1n) is 19.5. The van der Waals surface area contributed by atoms with E-state index in [1.807, 2.05) is 0 Å². The minimum atomic E-state index is -1.86. The van der Waals surface area contributed by atoms with Gasteiger partial charge in [-0.15, -0.1) is 0 Å². The third-order valence-corrected chi connectivity index (χ3v) is 9.63. The normalized spacial score (nSPS) is 22.8. The van der Waals surface area contributed by atoms with Gasteiger partial charge in [0.2, 0.25) is 5.89 Å². The zero-order valence-corrected chi connectivity index (χ0v) is 35.3. The van der Waals surface area contributed by atoms with Gasteiger partial charge in [-0.3, -0.25) is 19.2 Å². The molecule has 62 heavy (non-hydrogen) atoms. The number of aliphatic carboxylic acids is 1. The Bertz CT molecular complexity index is 2120. The number of aromatic nitrogens is 2. The molecule has 0 saturated carbocycles. The van der Waals surface area contributed by atoms with Crippen LogP contribution < -0.4 is 0 Å². The van der Waals surface area contributed by atoms with E-state index in [4.69, 9.17) is 37.6 Å².